The summed E-state index contributed by atoms with van der Waals surface area (Å²) in [6.07, 6.45) is 1.55. The molecule has 8 nitrogen and oxygen atoms in total. The third-order valence-corrected chi connectivity index (χ3v) is 4.76. The average molecular weight is 498 g/mol. The van der Waals surface area contributed by atoms with Gasteiger partial charge in [0, 0.05) is 5.69 Å². The average Bonchev–Trinajstić information content (AvgIpc) is 2.79. The van der Waals surface area contributed by atoms with Crippen LogP contribution in [0, 0.1) is 0 Å². The zero-order valence-corrected chi connectivity index (χ0v) is 18.6. The van der Waals surface area contributed by atoms with Crippen molar-refractivity contribution in [1.29, 1.82) is 0 Å². The summed E-state index contributed by atoms with van der Waals surface area (Å²) in [5.74, 6) is -0.515. The van der Waals surface area contributed by atoms with Gasteiger partial charge in [-0.3, -0.25) is 10.2 Å². The van der Waals surface area contributed by atoms with E-state index in [9.17, 15) is 9.59 Å². The van der Waals surface area contributed by atoms with Crippen LogP contribution in [-0.2, 0) is 4.79 Å². The van der Waals surface area contributed by atoms with Crippen molar-refractivity contribution in [2.45, 2.75) is 0 Å². The lowest BCUT2D eigenvalue weighted by molar-refractivity contribution is -0.118. The van der Waals surface area contributed by atoms with Gasteiger partial charge in [0.1, 0.15) is 0 Å². The van der Waals surface area contributed by atoms with Crippen molar-refractivity contribution in [1.82, 2.24) is 0 Å². The molecule has 164 valence electrons. The van der Waals surface area contributed by atoms with E-state index in [4.69, 9.17) is 14.6 Å². The minimum absolute atomic E-state index is 0.160. The van der Waals surface area contributed by atoms with Crippen LogP contribution in [0.5, 0.6) is 11.5 Å². The largest absolute Gasteiger partial charge is 0.493 e. The molecule has 0 bridgehead atoms. The number of amides is 1. The molecule has 0 atom stereocenters. The number of halogens is 1. The molecule has 0 aliphatic rings. The molecule has 0 aliphatic heterocycles. The Morgan fingerprint density at radius 1 is 1.06 bits per heavy atom. The molecular weight excluding hydrogens is 478 g/mol. The predicted octanol–water partition coefficient (Wildman–Crippen LogP) is 4.62. The SMILES string of the molecule is COc1cc(/C=N/Nc2cccc(C(=O)O)c2)cc(Br)c1OCC(=O)Nc1ccccc1. The van der Waals surface area contributed by atoms with Crippen LogP contribution in [0.15, 0.2) is 76.3 Å². The number of nitrogens with one attached hydrogen (secondary N) is 2. The molecule has 0 aromatic heterocycles. The van der Waals surface area contributed by atoms with E-state index >= 15 is 0 Å². The first-order chi connectivity index (χ1) is 15.5. The number of benzene rings is 3. The molecule has 0 aliphatic carbocycles. The van der Waals surface area contributed by atoms with E-state index in [1.165, 1.54) is 19.2 Å². The Balaban J connectivity index is 1.65. The summed E-state index contributed by atoms with van der Waals surface area (Å²) in [6, 6.07) is 18.9. The molecule has 32 heavy (non-hydrogen) atoms. The van der Waals surface area contributed by atoms with Crippen LogP contribution in [0.3, 0.4) is 0 Å². The molecule has 3 aromatic carbocycles. The molecule has 9 heteroatoms. The topological polar surface area (TPSA) is 109 Å². The van der Waals surface area contributed by atoms with Gasteiger partial charge in [-0.15, -0.1) is 0 Å². The second-order valence-electron chi connectivity index (χ2n) is 6.49. The van der Waals surface area contributed by atoms with Crippen molar-refractivity contribution in [2.24, 2.45) is 5.10 Å². The second kappa shape index (κ2) is 11.0. The zero-order chi connectivity index (χ0) is 22.9. The van der Waals surface area contributed by atoms with Crippen LogP contribution in [0.4, 0.5) is 11.4 Å². The van der Waals surface area contributed by atoms with Crippen molar-refractivity contribution in [2.75, 3.05) is 24.5 Å². The van der Waals surface area contributed by atoms with E-state index in [2.05, 4.69) is 31.8 Å². The lowest BCUT2D eigenvalue weighted by Gasteiger charge is -2.13. The maximum atomic E-state index is 12.1. The lowest BCUT2D eigenvalue weighted by atomic mass is 10.2. The molecule has 3 rings (SSSR count). The summed E-state index contributed by atoms with van der Waals surface area (Å²) in [7, 11) is 1.50. The highest BCUT2D eigenvalue weighted by atomic mass is 79.9. The first-order valence-electron chi connectivity index (χ1n) is 9.44. The number of para-hydroxylation sites is 1. The zero-order valence-electron chi connectivity index (χ0n) is 17.0. The number of methoxy groups -OCH3 is 1. The highest BCUT2D eigenvalue weighted by Crippen LogP contribution is 2.36. The Bertz CT molecular complexity index is 1140. The molecule has 3 aromatic rings. The molecule has 0 saturated carbocycles. The summed E-state index contributed by atoms with van der Waals surface area (Å²) in [5.41, 5.74) is 4.86. The highest BCUT2D eigenvalue weighted by Gasteiger charge is 2.13. The Hall–Kier alpha value is -3.85. The third-order valence-electron chi connectivity index (χ3n) is 4.17. The number of ether oxygens (including phenoxy) is 2. The molecule has 0 unspecified atom stereocenters. The van der Waals surface area contributed by atoms with Crippen LogP contribution < -0.4 is 20.2 Å². The summed E-state index contributed by atoms with van der Waals surface area (Å²) in [4.78, 5) is 23.2. The Morgan fingerprint density at radius 2 is 1.81 bits per heavy atom. The molecule has 0 saturated heterocycles. The smallest absolute Gasteiger partial charge is 0.335 e. The number of carbonyl (C=O) groups excluding carboxylic acids is 1. The summed E-state index contributed by atoms with van der Waals surface area (Å²) < 4.78 is 11.6. The van der Waals surface area contributed by atoms with Crippen LogP contribution in [0.25, 0.3) is 0 Å². The first kappa shape index (κ1) is 22.8. The van der Waals surface area contributed by atoms with Crippen LogP contribution in [0.1, 0.15) is 15.9 Å². The quantitative estimate of drug-likeness (QED) is 0.294. The maximum Gasteiger partial charge on any atom is 0.335 e. The minimum Gasteiger partial charge on any atom is -0.493 e. The van der Waals surface area contributed by atoms with E-state index in [1.807, 2.05) is 18.2 Å². The van der Waals surface area contributed by atoms with Gasteiger partial charge in [0.2, 0.25) is 0 Å². The predicted molar refractivity (Wildman–Crippen MR) is 126 cm³/mol. The molecular formula is C23H20BrN3O5. The third kappa shape index (κ3) is 6.32. The second-order valence-corrected chi connectivity index (χ2v) is 7.35. The molecule has 0 radical (unpaired) electrons. The van der Waals surface area contributed by atoms with Crippen molar-refractivity contribution in [3.8, 4) is 11.5 Å². The molecule has 0 heterocycles. The standard InChI is InChI=1S/C23H20BrN3O5/c1-31-20-11-15(13-25-27-18-9-5-6-16(12-18)23(29)30)10-19(24)22(20)32-14-21(28)26-17-7-3-2-4-8-17/h2-13,27H,14H2,1H3,(H,26,28)(H,29,30)/b25-13+. The van der Waals surface area contributed by atoms with Gasteiger partial charge in [0.15, 0.2) is 18.1 Å². The number of carboxylic acid groups (broad SMARTS) is 1. The van der Waals surface area contributed by atoms with Gasteiger partial charge < -0.3 is 19.9 Å². The number of nitrogens with zero attached hydrogens (tertiary/aromatic N) is 1. The Kier molecular flexibility index (Phi) is 7.82. The van der Waals surface area contributed by atoms with Crippen LogP contribution in [-0.4, -0.2) is 36.9 Å². The lowest BCUT2D eigenvalue weighted by Crippen LogP contribution is -2.20. The number of carbonyl (C=O) groups is 2. The van der Waals surface area contributed by atoms with Crippen molar-refractivity contribution >= 4 is 45.4 Å². The Labute approximate surface area is 193 Å². The monoisotopic (exact) mass is 497 g/mol. The van der Waals surface area contributed by atoms with E-state index in [-0.39, 0.29) is 18.1 Å². The Morgan fingerprint density at radius 3 is 2.53 bits per heavy atom. The van der Waals surface area contributed by atoms with E-state index < -0.39 is 5.97 Å². The molecule has 0 fully saturated rings. The van der Waals surface area contributed by atoms with Crippen molar-refractivity contribution < 1.29 is 24.2 Å². The normalized spacial score (nSPS) is 10.6. The van der Waals surface area contributed by atoms with Crippen LogP contribution >= 0.6 is 15.9 Å². The van der Waals surface area contributed by atoms with Gasteiger partial charge in [-0.05, 0) is 64.0 Å². The minimum atomic E-state index is -1.01. The first-order valence-corrected chi connectivity index (χ1v) is 10.2. The molecule has 0 spiro atoms. The summed E-state index contributed by atoms with van der Waals surface area (Å²) >= 11 is 3.43. The van der Waals surface area contributed by atoms with Gasteiger partial charge in [-0.25, -0.2) is 4.79 Å². The van der Waals surface area contributed by atoms with E-state index in [1.54, 1.807) is 42.6 Å². The van der Waals surface area contributed by atoms with E-state index in [0.29, 0.717) is 32.9 Å². The fourth-order valence-corrected chi connectivity index (χ4v) is 3.29. The van der Waals surface area contributed by atoms with Crippen molar-refractivity contribution in [3.05, 3.63) is 82.3 Å². The highest BCUT2D eigenvalue weighted by molar-refractivity contribution is 9.10. The summed E-state index contributed by atoms with van der Waals surface area (Å²) in [5, 5.41) is 15.9. The van der Waals surface area contributed by atoms with Gasteiger partial charge in [-0.1, -0.05) is 24.3 Å². The number of hydrogen-bond acceptors (Lipinski definition) is 6. The van der Waals surface area contributed by atoms with Gasteiger partial charge in [0.05, 0.1) is 29.0 Å². The number of rotatable bonds is 9. The van der Waals surface area contributed by atoms with Gasteiger partial charge in [-0.2, -0.15) is 5.10 Å². The van der Waals surface area contributed by atoms with Gasteiger partial charge >= 0.3 is 5.97 Å². The fraction of sp³-hybridized carbons (Fsp3) is 0.0870. The number of anilines is 2. The molecule has 3 N–H and O–H groups in total. The number of carboxylic acids is 1. The van der Waals surface area contributed by atoms with Crippen molar-refractivity contribution in [3.63, 3.8) is 0 Å². The van der Waals surface area contributed by atoms with Gasteiger partial charge in [0.25, 0.3) is 5.91 Å². The molecule has 1 amide bonds. The van der Waals surface area contributed by atoms with Crippen LogP contribution in [0.2, 0.25) is 0 Å². The maximum absolute atomic E-state index is 12.1. The summed E-state index contributed by atoms with van der Waals surface area (Å²) in [6.45, 7) is -0.196. The number of hydrazone groups is 1. The number of hydrogen-bond donors (Lipinski definition) is 3. The fourth-order valence-electron chi connectivity index (χ4n) is 2.71. The number of aromatic carboxylic acids is 1. The van der Waals surface area contributed by atoms with E-state index in [0.717, 1.165) is 0 Å².